The molecule has 1 aromatic carbocycles. The lowest BCUT2D eigenvalue weighted by Gasteiger charge is -2.36. The van der Waals surface area contributed by atoms with Crippen LogP contribution in [0.4, 0.5) is 0 Å². The lowest BCUT2D eigenvalue weighted by molar-refractivity contribution is 0.0683. The zero-order valence-corrected chi connectivity index (χ0v) is 17.9. The molecule has 2 aromatic rings. The monoisotopic (exact) mass is 400 g/mol. The highest BCUT2D eigenvalue weighted by atomic mass is 16.5. The van der Waals surface area contributed by atoms with E-state index in [9.17, 15) is 0 Å². The number of hydrogen-bond donors (Lipinski definition) is 1. The van der Waals surface area contributed by atoms with Gasteiger partial charge in [0.2, 0.25) is 5.89 Å². The van der Waals surface area contributed by atoms with Gasteiger partial charge in [-0.2, -0.15) is 4.98 Å². The number of rotatable bonds is 7. The Hall–Kier alpha value is -2.45. The highest BCUT2D eigenvalue weighted by Gasteiger charge is 2.20. The van der Waals surface area contributed by atoms with Gasteiger partial charge in [-0.05, 0) is 26.3 Å². The summed E-state index contributed by atoms with van der Waals surface area (Å²) >= 11 is 0. The van der Waals surface area contributed by atoms with Crippen molar-refractivity contribution < 1.29 is 9.26 Å². The third kappa shape index (κ3) is 6.01. The van der Waals surface area contributed by atoms with Crippen molar-refractivity contribution >= 4 is 5.96 Å². The molecule has 0 radical (unpaired) electrons. The zero-order chi connectivity index (χ0) is 20.6. The van der Waals surface area contributed by atoms with E-state index in [-0.39, 0.29) is 6.10 Å². The lowest BCUT2D eigenvalue weighted by atomic mass is 10.1. The van der Waals surface area contributed by atoms with E-state index in [1.807, 2.05) is 13.8 Å². The van der Waals surface area contributed by atoms with Crippen molar-refractivity contribution in [3.05, 3.63) is 47.1 Å². The third-order valence-electron chi connectivity index (χ3n) is 5.03. The fourth-order valence-corrected chi connectivity index (χ4v) is 3.50. The van der Waals surface area contributed by atoms with E-state index in [0.29, 0.717) is 24.9 Å². The van der Waals surface area contributed by atoms with Gasteiger partial charge in [-0.25, -0.2) is 0 Å². The van der Waals surface area contributed by atoms with Gasteiger partial charge < -0.3 is 19.5 Å². The smallest absolute Gasteiger partial charge is 0.246 e. The summed E-state index contributed by atoms with van der Waals surface area (Å²) in [6, 6.07) is 8.73. The lowest BCUT2D eigenvalue weighted by Crippen LogP contribution is -2.52. The second-order valence-corrected chi connectivity index (χ2v) is 7.30. The number of aromatic nitrogens is 2. The van der Waals surface area contributed by atoms with Crippen molar-refractivity contribution in [1.82, 2.24) is 25.3 Å². The minimum atomic E-state index is -0.168. The van der Waals surface area contributed by atoms with Crippen LogP contribution in [0.3, 0.4) is 0 Å². The number of nitrogens with one attached hydrogen (secondary N) is 1. The summed E-state index contributed by atoms with van der Waals surface area (Å²) in [7, 11) is 1.80. The largest absolute Gasteiger partial charge is 0.371 e. The van der Waals surface area contributed by atoms with Crippen LogP contribution in [0.25, 0.3) is 0 Å². The van der Waals surface area contributed by atoms with Crippen molar-refractivity contribution in [2.24, 2.45) is 4.99 Å². The standard InChI is InChI=1S/C21H32N6O2/c1-5-28-17(3)20-24-19(29-25-20)14-23-21(22-4)27-11-9-26(10-12-27)15-18-8-6-7-16(2)13-18/h6-8,13,17H,5,9-12,14-15H2,1-4H3,(H,22,23). The Balaban J connectivity index is 1.47. The fourth-order valence-electron chi connectivity index (χ4n) is 3.50. The van der Waals surface area contributed by atoms with Crippen molar-refractivity contribution in [2.45, 2.75) is 40.0 Å². The number of piperazine rings is 1. The molecule has 0 spiro atoms. The summed E-state index contributed by atoms with van der Waals surface area (Å²) < 4.78 is 10.8. The van der Waals surface area contributed by atoms with E-state index in [0.717, 1.165) is 38.7 Å². The maximum absolute atomic E-state index is 5.50. The first-order chi connectivity index (χ1) is 14.1. The molecule has 158 valence electrons. The predicted molar refractivity (Wildman–Crippen MR) is 113 cm³/mol. The molecule has 0 saturated carbocycles. The summed E-state index contributed by atoms with van der Waals surface area (Å²) in [6.07, 6.45) is -0.168. The molecule has 1 aromatic heterocycles. The first-order valence-corrected chi connectivity index (χ1v) is 10.3. The highest BCUT2D eigenvalue weighted by molar-refractivity contribution is 5.79. The molecule has 0 bridgehead atoms. The van der Waals surface area contributed by atoms with E-state index >= 15 is 0 Å². The molecule has 1 aliphatic heterocycles. The highest BCUT2D eigenvalue weighted by Crippen LogP contribution is 2.13. The zero-order valence-electron chi connectivity index (χ0n) is 17.9. The van der Waals surface area contributed by atoms with Gasteiger partial charge in [0.15, 0.2) is 11.8 Å². The van der Waals surface area contributed by atoms with Crippen LogP contribution >= 0.6 is 0 Å². The predicted octanol–water partition coefficient (Wildman–Crippen LogP) is 2.37. The number of guanidine groups is 1. The molecule has 8 nitrogen and oxygen atoms in total. The molecule has 8 heteroatoms. The van der Waals surface area contributed by atoms with E-state index in [1.54, 1.807) is 7.05 Å². The van der Waals surface area contributed by atoms with E-state index < -0.39 is 0 Å². The average Bonchev–Trinajstić information content (AvgIpc) is 3.19. The molecule has 3 rings (SSSR count). The summed E-state index contributed by atoms with van der Waals surface area (Å²) in [6.45, 7) is 11.9. The van der Waals surface area contributed by atoms with Crippen molar-refractivity contribution in [3.63, 3.8) is 0 Å². The Labute approximate surface area is 172 Å². The molecule has 0 amide bonds. The minimum Gasteiger partial charge on any atom is -0.371 e. The summed E-state index contributed by atoms with van der Waals surface area (Å²) in [4.78, 5) is 13.6. The van der Waals surface area contributed by atoms with Gasteiger partial charge in [0.25, 0.3) is 0 Å². The van der Waals surface area contributed by atoms with Crippen molar-refractivity contribution in [3.8, 4) is 0 Å². The van der Waals surface area contributed by atoms with Gasteiger partial charge in [-0.3, -0.25) is 9.89 Å². The number of hydrogen-bond acceptors (Lipinski definition) is 6. The maximum Gasteiger partial charge on any atom is 0.246 e. The van der Waals surface area contributed by atoms with Crippen LogP contribution in [0.5, 0.6) is 0 Å². The van der Waals surface area contributed by atoms with Crippen LogP contribution in [0, 0.1) is 6.92 Å². The van der Waals surface area contributed by atoms with Crippen LogP contribution < -0.4 is 5.32 Å². The number of nitrogens with zero attached hydrogens (tertiary/aromatic N) is 5. The number of ether oxygens (including phenoxy) is 1. The molecule has 0 aliphatic carbocycles. The molecular weight excluding hydrogens is 368 g/mol. The van der Waals surface area contributed by atoms with Crippen molar-refractivity contribution in [1.29, 1.82) is 0 Å². The molecule has 29 heavy (non-hydrogen) atoms. The third-order valence-corrected chi connectivity index (χ3v) is 5.03. The Bertz CT molecular complexity index is 798. The topological polar surface area (TPSA) is 79.0 Å². The van der Waals surface area contributed by atoms with Crippen LogP contribution in [-0.2, 0) is 17.8 Å². The Kier molecular flexibility index (Phi) is 7.60. The molecular formula is C21H32N6O2. The SMILES string of the molecule is CCOC(C)c1noc(CNC(=NC)N2CCN(Cc3cccc(C)c3)CC2)n1. The molecule has 1 N–H and O–H groups in total. The summed E-state index contributed by atoms with van der Waals surface area (Å²) in [5.74, 6) is 1.96. The number of aryl methyl sites for hydroxylation is 1. The molecule has 1 saturated heterocycles. The molecule has 2 heterocycles. The van der Waals surface area contributed by atoms with Gasteiger partial charge >= 0.3 is 0 Å². The van der Waals surface area contributed by atoms with E-state index in [1.165, 1.54) is 11.1 Å². The van der Waals surface area contributed by atoms with E-state index in [2.05, 4.69) is 61.4 Å². The second kappa shape index (κ2) is 10.4. The molecule has 1 unspecified atom stereocenters. The Morgan fingerprint density at radius 1 is 1.31 bits per heavy atom. The first-order valence-electron chi connectivity index (χ1n) is 10.3. The average molecular weight is 401 g/mol. The van der Waals surface area contributed by atoms with Crippen LogP contribution in [0.15, 0.2) is 33.8 Å². The van der Waals surface area contributed by atoms with Crippen LogP contribution in [0.1, 0.15) is 42.8 Å². The summed E-state index contributed by atoms with van der Waals surface area (Å²) in [5, 5.41) is 7.33. The van der Waals surface area contributed by atoms with Gasteiger partial charge in [-0.1, -0.05) is 35.0 Å². The molecule has 1 aliphatic rings. The number of aliphatic imine (C=N–C) groups is 1. The van der Waals surface area contributed by atoms with Gasteiger partial charge in [-0.15, -0.1) is 0 Å². The van der Waals surface area contributed by atoms with Crippen molar-refractivity contribution in [2.75, 3.05) is 39.8 Å². The van der Waals surface area contributed by atoms with Gasteiger partial charge in [0.1, 0.15) is 6.10 Å². The molecule has 1 atom stereocenters. The van der Waals surface area contributed by atoms with Crippen LogP contribution in [0.2, 0.25) is 0 Å². The normalized spacial score (nSPS) is 16.8. The van der Waals surface area contributed by atoms with Gasteiger partial charge in [0, 0.05) is 46.4 Å². The maximum atomic E-state index is 5.50. The fraction of sp³-hybridized carbons (Fsp3) is 0.571. The van der Waals surface area contributed by atoms with Crippen LogP contribution in [-0.4, -0.2) is 65.7 Å². The second-order valence-electron chi connectivity index (χ2n) is 7.30. The molecule has 1 fully saturated rings. The Morgan fingerprint density at radius 3 is 2.79 bits per heavy atom. The quantitative estimate of drug-likeness (QED) is 0.565. The van der Waals surface area contributed by atoms with E-state index in [4.69, 9.17) is 9.26 Å². The Morgan fingerprint density at radius 2 is 2.10 bits per heavy atom. The first kappa shape index (κ1) is 21.3. The number of benzene rings is 1. The summed E-state index contributed by atoms with van der Waals surface area (Å²) in [5.41, 5.74) is 2.68. The van der Waals surface area contributed by atoms with Gasteiger partial charge in [0.05, 0.1) is 6.54 Å². The minimum absolute atomic E-state index is 0.168.